The molecule has 2 amide bonds. The van der Waals surface area contributed by atoms with Gasteiger partial charge in [0.05, 0.1) is 0 Å². The molecule has 1 rings (SSSR count). The number of amides is 2. The number of urea groups is 1. The zero-order chi connectivity index (χ0) is 4.57. The molecule has 1 heterocycles. The fraction of sp³-hybridized carbons (Fsp3) is 0. The molecule has 0 spiro atoms. The van der Waals surface area contributed by atoms with Crippen LogP contribution in [0.5, 0.6) is 0 Å². The van der Waals surface area contributed by atoms with Gasteiger partial charge < -0.3 is 0 Å². The molecule has 1 aliphatic heterocycles. The second kappa shape index (κ2) is 1.46. The topological polar surface area (TPSA) is 32.3 Å². The van der Waals surface area contributed by atoms with E-state index in [0.717, 1.165) is 0 Å². The molecule has 1 N–H and O–H groups in total. The van der Waals surface area contributed by atoms with Gasteiger partial charge in [0.25, 0.3) is 0 Å². The van der Waals surface area contributed by atoms with Crippen molar-refractivity contribution in [1.82, 2.24) is 6.18 Å². The van der Waals surface area contributed by atoms with Crippen LogP contribution in [0.15, 0.2) is 0 Å². The molecule has 0 aromatic rings. The predicted octanol–water partition coefficient (Wildman–Crippen LogP) is -0.300. The summed E-state index contributed by atoms with van der Waals surface area (Å²) in [7, 11) is 0. The van der Waals surface area contributed by atoms with Gasteiger partial charge in [0.15, 0.2) is 0 Å². The van der Waals surface area contributed by atoms with Crippen molar-refractivity contribution in [3.63, 3.8) is 0 Å². The van der Waals surface area contributed by atoms with Gasteiger partial charge in [-0.2, -0.15) is 0 Å². The Morgan fingerprint density at radius 3 is 2.50 bits per heavy atom. The Bertz CT molecular complexity index is 85.6. The van der Waals surface area contributed by atoms with Gasteiger partial charge >= 0.3 is 50.5 Å². The quantitative estimate of drug-likeness (QED) is 0.433. The molecule has 0 aromatic heterocycles. The Balaban J connectivity index is 2.39. The minimum atomic E-state index is -0.741. The van der Waals surface area contributed by atoms with E-state index in [4.69, 9.17) is 11.8 Å². The van der Waals surface area contributed by atoms with Crippen LogP contribution in [-0.2, 0) is 0 Å². The number of carbonyl (C=O) groups excluding carboxylic acids is 1. The van der Waals surface area contributed by atoms with Crippen LogP contribution < -0.4 is 3.54 Å². The van der Waals surface area contributed by atoms with Crippen molar-refractivity contribution in [2.24, 2.45) is 0 Å². The number of halogens is 1. The van der Waals surface area contributed by atoms with E-state index >= 15 is 0 Å². The van der Waals surface area contributed by atoms with E-state index in [-0.39, 0.29) is 6.03 Å². The van der Waals surface area contributed by atoms with E-state index in [1.807, 2.05) is 0 Å². The Kier molecular flexibility index (Phi) is 1.10. The summed E-state index contributed by atoms with van der Waals surface area (Å²) < 4.78 is 3.82. The van der Waals surface area contributed by atoms with Crippen molar-refractivity contribution in [2.75, 3.05) is 0 Å². The normalized spacial score (nSPS) is 19.5. The first kappa shape index (κ1) is 4.52. The van der Waals surface area contributed by atoms with E-state index in [0.29, 0.717) is 0 Å². The predicted molar refractivity (Wildman–Crippen MR) is 22.0 cm³/mol. The number of hydrogen-bond acceptors (Lipinski definition) is 1. The summed E-state index contributed by atoms with van der Waals surface area (Å²) in [5, 5.41) is 0. The van der Waals surface area contributed by atoms with Crippen molar-refractivity contribution >= 4 is 39.5 Å². The molecule has 0 unspecified atom stereocenters. The summed E-state index contributed by atoms with van der Waals surface area (Å²) in [6.45, 7) is 0. The Hall–Kier alpha value is 0.359. The van der Waals surface area contributed by atoms with E-state index < -0.39 is 21.7 Å². The number of nitrogens with one attached hydrogen (secondary N) is 1. The molecular weight excluding hydrogens is 210 g/mol. The summed E-state index contributed by atoms with van der Waals surface area (Å²) in [5.41, 5.74) is 0. The zero-order valence-corrected chi connectivity index (χ0v) is 6.34. The zero-order valence-electron chi connectivity index (χ0n) is 2.73. The van der Waals surface area contributed by atoms with Crippen LogP contribution in [0.3, 0.4) is 0 Å². The monoisotopic (exact) mass is 212 g/mol. The third kappa shape index (κ3) is 0.561. The molecule has 5 heteroatoms. The van der Waals surface area contributed by atoms with E-state index in [1.165, 1.54) is 2.64 Å². The van der Waals surface area contributed by atoms with Gasteiger partial charge in [0, 0.05) is 0 Å². The second-order valence-corrected chi connectivity index (χ2v) is 4.60. The van der Waals surface area contributed by atoms with E-state index in [9.17, 15) is 4.79 Å². The molecule has 0 aromatic carbocycles. The molecule has 6 heavy (non-hydrogen) atoms. The number of nitrogens with zero attached hydrogens (tertiary/aromatic N) is 1. The SMILES string of the molecule is O=C1[NH][Sn][N]1Cl. The summed E-state index contributed by atoms with van der Waals surface area (Å²) in [6, 6.07) is -0.136. The fourth-order valence-electron chi connectivity index (χ4n) is 0.144. The average Bonchev–Trinajstić information content (AvgIpc) is 1.61. The Labute approximate surface area is 50.7 Å². The second-order valence-electron chi connectivity index (χ2n) is 0.823. The standard InChI is InChI=1S/CH2ClN2O.Sn/c2-4-1(3)5;/h(H2-,3,4,5);/q-1;+2/p-1. The van der Waals surface area contributed by atoms with Gasteiger partial charge in [-0.1, -0.05) is 0 Å². The van der Waals surface area contributed by atoms with Crippen LogP contribution in [-0.4, -0.2) is 30.4 Å². The average molecular weight is 211 g/mol. The van der Waals surface area contributed by atoms with Gasteiger partial charge in [-0.3, -0.25) is 0 Å². The first-order valence-corrected chi connectivity index (χ1v) is 4.36. The number of hydrogen-bond donors (Lipinski definition) is 1. The number of rotatable bonds is 0. The molecule has 2 radical (unpaired) electrons. The third-order valence-electron chi connectivity index (χ3n) is 0.439. The van der Waals surface area contributed by atoms with Crippen molar-refractivity contribution < 1.29 is 4.79 Å². The molecule has 0 saturated carbocycles. The summed E-state index contributed by atoms with van der Waals surface area (Å²) in [6.07, 6.45) is 0. The fourth-order valence-corrected chi connectivity index (χ4v) is 1.53. The van der Waals surface area contributed by atoms with E-state index in [2.05, 4.69) is 3.54 Å². The molecular formula is CHClN2OSn. The Morgan fingerprint density at radius 1 is 2.00 bits per heavy atom. The Morgan fingerprint density at radius 2 is 2.50 bits per heavy atom. The van der Waals surface area contributed by atoms with Gasteiger partial charge in [0.2, 0.25) is 0 Å². The van der Waals surface area contributed by atoms with Gasteiger partial charge in [-0.05, 0) is 0 Å². The first-order valence-electron chi connectivity index (χ1n) is 1.32. The van der Waals surface area contributed by atoms with Crippen molar-refractivity contribution in [3.8, 4) is 0 Å². The van der Waals surface area contributed by atoms with Crippen LogP contribution >= 0.6 is 11.8 Å². The summed E-state index contributed by atoms with van der Waals surface area (Å²) >= 11 is 4.46. The van der Waals surface area contributed by atoms with Gasteiger partial charge in [-0.15, -0.1) is 0 Å². The molecule has 0 atom stereocenters. The maximum absolute atomic E-state index is 9.96. The van der Waals surface area contributed by atoms with Crippen LogP contribution in [0.4, 0.5) is 4.79 Å². The first-order chi connectivity index (χ1) is 2.80. The molecule has 32 valence electrons. The molecule has 1 aliphatic rings. The van der Waals surface area contributed by atoms with Crippen molar-refractivity contribution in [1.29, 1.82) is 0 Å². The van der Waals surface area contributed by atoms with Crippen LogP contribution in [0, 0.1) is 0 Å². The van der Waals surface area contributed by atoms with Crippen LogP contribution in [0.1, 0.15) is 0 Å². The maximum atomic E-state index is 9.96. The summed E-state index contributed by atoms with van der Waals surface area (Å²) in [4.78, 5) is 9.96. The molecule has 1 saturated heterocycles. The molecule has 0 aliphatic carbocycles. The van der Waals surface area contributed by atoms with Crippen molar-refractivity contribution in [2.45, 2.75) is 0 Å². The third-order valence-corrected chi connectivity index (χ3v) is 3.23. The van der Waals surface area contributed by atoms with Gasteiger partial charge in [-0.25, -0.2) is 0 Å². The molecule has 0 bridgehead atoms. The van der Waals surface area contributed by atoms with Crippen LogP contribution in [0.25, 0.3) is 0 Å². The van der Waals surface area contributed by atoms with Gasteiger partial charge in [0.1, 0.15) is 0 Å². The molecule has 3 nitrogen and oxygen atoms in total. The minimum absolute atomic E-state index is 0.136. The summed E-state index contributed by atoms with van der Waals surface area (Å²) in [5.74, 6) is 0. The number of carbonyl (C=O) groups is 1. The van der Waals surface area contributed by atoms with Crippen LogP contribution in [0.2, 0.25) is 0 Å². The van der Waals surface area contributed by atoms with E-state index in [1.54, 1.807) is 0 Å². The molecule has 1 fully saturated rings. The van der Waals surface area contributed by atoms with Crippen molar-refractivity contribution in [3.05, 3.63) is 0 Å².